The third-order valence-electron chi connectivity index (χ3n) is 6.90. The fourth-order valence-electron chi connectivity index (χ4n) is 4.46. The van der Waals surface area contributed by atoms with Crippen molar-refractivity contribution in [2.75, 3.05) is 0 Å². The molecule has 192 valence electrons. The lowest BCUT2D eigenvalue weighted by Crippen LogP contribution is -2.43. The summed E-state index contributed by atoms with van der Waals surface area (Å²) < 4.78 is 0. The number of aliphatic hydroxyl groups is 2. The van der Waals surface area contributed by atoms with Gasteiger partial charge in [0, 0.05) is 18.4 Å². The van der Waals surface area contributed by atoms with Gasteiger partial charge in [-0.15, -0.1) is 0 Å². The molecule has 2 unspecified atom stereocenters. The lowest BCUT2D eigenvalue weighted by molar-refractivity contribution is -0.124. The van der Waals surface area contributed by atoms with E-state index in [2.05, 4.69) is 12.2 Å². The van der Waals surface area contributed by atoms with E-state index in [-0.39, 0.29) is 17.9 Å². The third kappa shape index (κ3) is 20.0. The highest BCUT2D eigenvalue weighted by molar-refractivity contribution is 5.76. The van der Waals surface area contributed by atoms with E-state index in [1.165, 1.54) is 109 Å². The average Bonchev–Trinajstić information content (AvgIpc) is 2.78. The van der Waals surface area contributed by atoms with E-state index in [9.17, 15) is 15.0 Å². The average molecular weight is 456 g/mol. The van der Waals surface area contributed by atoms with Crippen molar-refractivity contribution in [1.82, 2.24) is 5.32 Å². The van der Waals surface area contributed by atoms with Crippen molar-refractivity contribution in [3.8, 4) is 0 Å². The van der Waals surface area contributed by atoms with Gasteiger partial charge >= 0.3 is 0 Å². The summed E-state index contributed by atoms with van der Waals surface area (Å²) >= 11 is 0. The van der Waals surface area contributed by atoms with Gasteiger partial charge in [-0.1, -0.05) is 136 Å². The Morgan fingerprint density at radius 2 is 0.969 bits per heavy atom. The van der Waals surface area contributed by atoms with Crippen LogP contribution in [0.3, 0.4) is 0 Å². The first-order valence-electron chi connectivity index (χ1n) is 14.2. The molecular weight excluding hydrogens is 398 g/mol. The van der Waals surface area contributed by atoms with Gasteiger partial charge in [-0.3, -0.25) is 4.79 Å². The van der Waals surface area contributed by atoms with Crippen LogP contribution in [-0.2, 0) is 4.79 Å². The predicted molar refractivity (Wildman–Crippen MR) is 138 cm³/mol. The molecule has 0 saturated heterocycles. The minimum Gasteiger partial charge on any atom is -0.368 e. The van der Waals surface area contributed by atoms with Crippen molar-refractivity contribution in [2.45, 2.75) is 168 Å². The zero-order valence-corrected chi connectivity index (χ0v) is 21.9. The van der Waals surface area contributed by atoms with Crippen LogP contribution in [0.5, 0.6) is 0 Å². The molecule has 0 aliphatic heterocycles. The highest BCUT2D eigenvalue weighted by Gasteiger charge is 2.22. The van der Waals surface area contributed by atoms with Crippen LogP contribution in [0.4, 0.5) is 0 Å². The van der Waals surface area contributed by atoms with Crippen molar-refractivity contribution in [2.24, 2.45) is 5.92 Å². The van der Waals surface area contributed by atoms with Gasteiger partial charge in [-0.05, 0) is 12.8 Å². The maximum absolute atomic E-state index is 12.0. The monoisotopic (exact) mass is 455 g/mol. The van der Waals surface area contributed by atoms with Gasteiger partial charge in [-0.2, -0.15) is 0 Å². The molecule has 0 aromatic heterocycles. The van der Waals surface area contributed by atoms with Gasteiger partial charge in [0.1, 0.15) is 0 Å². The van der Waals surface area contributed by atoms with Crippen LogP contribution < -0.4 is 5.32 Å². The van der Waals surface area contributed by atoms with Crippen LogP contribution in [0, 0.1) is 5.92 Å². The van der Waals surface area contributed by atoms with Gasteiger partial charge in [0.2, 0.25) is 5.91 Å². The molecule has 4 nitrogen and oxygen atoms in total. The minimum atomic E-state index is -1.38. The van der Waals surface area contributed by atoms with Gasteiger partial charge in [0.05, 0.1) is 0 Å². The molecule has 0 aromatic carbocycles. The molecule has 2 atom stereocenters. The van der Waals surface area contributed by atoms with Crippen LogP contribution in [0.2, 0.25) is 0 Å². The molecule has 0 heterocycles. The predicted octanol–water partition coefficient (Wildman–Crippen LogP) is 7.65. The van der Waals surface area contributed by atoms with Gasteiger partial charge in [-0.25, -0.2) is 0 Å². The SMILES string of the molecule is CCCCCCCCCCCCCCCCCCCCCC(=O)NC(CC)C(C)C(O)O. The Balaban J connectivity index is 3.32. The summed E-state index contributed by atoms with van der Waals surface area (Å²) in [5, 5.41) is 21.5. The van der Waals surface area contributed by atoms with Gasteiger partial charge in [0.25, 0.3) is 0 Å². The second-order valence-electron chi connectivity index (χ2n) is 9.97. The molecule has 4 heteroatoms. The number of nitrogens with one attached hydrogen (secondary N) is 1. The summed E-state index contributed by atoms with van der Waals surface area (Å²) in [7, 11) is 0. The number of aliphatic hydroxyl groups excluding tert-OH is 1. The van der Waals surface area contributed by atoms with Crippen LogP contribution in [0.15, 0.2) is 0 Å². The number of carbonyl (C=O) groups excluding carboxylic acids is 1. The summed E-state index contributed by atoms with van der Waals surface area (Å²) in [5.41, 5.74) is 0. The maximum Gasteiger partial charge on any atom is 0.220 e. The van der Waals surface area contributed by atoms with Crippen LogP contribution in [0.25, 0.3) is 0 Å². The number of rotatable bonds is 24. The van der Waals surface area contributed by atoms with E-state index in [0.717, 1.165) is 12.8 Å². The number of hydrogen-bond donors (Lipinski definition) is 3. The zero-order valence-electron chi connectivity index (χ0n) is 21.9. The first-order chi connectivity index (χ1) is 15.5. The molecule has 0 aliphatic rings. The minimum absolute atomic E-state index is 0.0383. The van der Waals surface area contributed by atoms with E-state index in [1.807, 2.05) is 6.92 Å². The fourth-order valence-corrected chi connectivity index (χ4v) is 4.46. The molecule has 0 fully saturated rings. The Kier molecular flexibility index (Phi) is 23.1. The van der Waals surface area contributed by atoms with Gasteiger partial charge < -0.3 is 15.5 Å². The number of hydrogen-bond acceptors (Lipinski definition) is 3. The quantitative estimate of drug-likeness (QED) is 0.103. The first kappa shape index (κ1) is 31.4. The van der Waals surface area contributed by atoms with Crippen molar-refractivity contribution in [3.63, 3.8) is 0 Å². The first-order valence-corrected chi connectivity index (χ1v) is 14.2. The summed E-state index contributed by atoms with van der Waals surface area (Å²) in [6.07, 6.45) is 25.6. The Morgan fingerprint density at radius 1 is 0.625 bits per heavy atom. The second kappa shape index (κ2) is 23.5. The lowest BCUT2D eigenvalue weighted by Gasteiger charge is -2.25. The van der Waals surface area contributed by atoms with E-state index in [0.29, 0.717) is 12.8 Å². The Labute approximate surface area is 200 Å². The highest BCUT2D eigenvalue weighted by atomic mass is 16.5. The van der Waals surface area contributed by atoms with Crippen molar-refractivity contribution in [3.05, 3.63) is 0 Å². The molecule has 0 aromatic rings. The topological polar surface area (TPSA) is 69.6 Å². The molecule has 3 N–H and O–H groups in total. The number of unbranched alkanes of at least 4 members (excludes halogenated alkanes) is 18. The standard InChI is InChI=1S/C28H57NO3/c1-4-6-7-8-9-10-11-12-13-14-15-16-17-18-19-20-21-22-23-24-27(30)29-26(5-2)25(3)28(31)32/h25-26,28,31-32H,4-24H2,1-3H3,(H,29,30). The molecule has 0 bridgehead atoms. The van der Waals surface area contributed by atoms with Crippen LogP contribution >= 0.6 is 0 Å². The van der Waals surface area contributed by atoms with E-state index < -0.39 is 6.29 Å². The van der Waals surface area contributed by atoms with Crippen LogP contribution in [0.1, 0.15) is 156 Å². The number of carbonyl (C=O) groups is 1. The Bertz CT molecular complexity index is 400. The Morgan fingerprint density at radius 3 is 1.28 bits per heavy atom. The van der Waals surface area contributed by atoms with Gasteiger partial charge in [0.15, 0.2) is 6.29 Å². The molecule has 1 amide bonds. The third-order valence-corrected chi connectivity index (χ3v) is 6.90. The lowest BCUT2D eigenvalue weighted by atomic mass is 9.98. The maximum atomic E-state index is 12.0. The molecule has 0 rings (SSSR count). The van der Waals surface area contributed by atoms with Crippen molar-refractivity contribution >= 4 is 5.91 Å². The molecule has 0 spiro atoms. The smallest absolute Gasteiger partial charge is 0.220 e. The fraction of sp³-hybridized carbons (Fsp3) is 0.964. The second-order valence-corrected chi connectivity index (χ2v) is 9.97. The zero-order chi connectivity index (χ0) is 23.9. The summed E-state index contributed by atoms with van der Waals surface area (Å²) in [6, 6.07) is -0.164. The van der Waals surface area contributed by atoms with E-state index in [1.54, 1.807) is 6.92 Å². The molecule has 32 heavy (non-hydrogen) atoms. The normalized spacial score (nSPS) is 13.4. The number of amides is 1. The van der Waals surface area contributed by atoms with E-state index in [4.69, 9.17) is 0 Å². The largest absolute Gasteiger partial charge is 0.368 e. The molecule has 0 radical (unpaired) electrons. The molecular formula is C28H57NO3. The van der Waals surface area contributed by atoms with E-state index >= 15 is 0 Å². The highest BCUT2D eigenvalue weighted by Crippen LogP contribution is 2.15. The summed E-state index contributed by atoms with van der Waals surface area (Å²) in [5.74, 6) is -0.301. The molecule has 0 saturated carbocycles. The Hall–Kier alpha value is -0.610. The summed E-state index contributed by atoms with van der Waals surface area (Å²) in [6.45, 7) is 6.00. The summed E-state index contributed by atoms with van der Waals surface area (Å²) in [4.78, 5) is 12.0. The van der Waals surface area contributed by atoms with Crippen molar-refractivity contribution < 1.29 is 15.0 Å². The van der Waals surface area contributed by atoms with Crippen molar-refractivity contribution in [1.29, 1.82) is 0 Å². The molecule has 0 aliphatic carbocycles. The van der Waals surface area contributed by atoms with Crippen LogP contribution in [-0.4, -0.2) is 28.5 Å².